The molecule has 44 heavy (non-hydrogen) atoms. The molecule has 7 rings (SSSR count). The topological polar surface area (TPSA) is 0 Å². The van der Waals surface area contributed by atoms with Crippen LogP contribution in [0.2, 0.25) is 0 Å². The van der Waals surface area contributed by atoms with E-state index < -0.39 is 0 Å². The first-order valence-corrected chi connectivity index (χ1v) is 17.3. The third-order valence-corrected chi connectivity index (χ3v) is 8.97. The molecule has 0 fully saturated rings. The van der Waals surface area contributed by atoms with Gasteiger partial charge in [-0.1, -0.05) is 97.8 Å². The van der Waals surface area contributed by atoms with Gasteiger partial charge in [-0.2, -0.15) is 53.6 Å². The van der Waals surface area contributed by atoms with Crippen LogP contribution in [0, 0.1) is 37.5 Å². The molecule has 0 bridgehead atoms. The molecule has 0 radical (unpaired) electrons. The average Bonchev–Trinajstić information content (AvgIpc) is 3.63. The first-order valence-electron chi connectivity index (χ1n) is 15.5. The van der Waals surface area contributed by atoms with E-state index in [0.29, 0.717) is 11.8 Å². The Labute approximate surface area is 284 Å². The number of fused-ring (bicyclic) bond motifs is 5. The van der Waals surface area contributed by atoms with Crippen LogP contribution >= 0.6 is 0 Å². The van der Waals surface area contributed by atoms with Crippen LogP contribution in [-0.2, 0) is 41.5 Å². The van der Waals surface area contributed by atoms with E-state index in [1.165, 1.54) is 91.0 Å². The quantitative estimate of drug-likeness (QED) is 0.179. The number of rotatable bonds is 1. The van der Waals surface area contributed by atoms with Gasteiger partial charge >= 0.3 is 28.4 Å². The molecule has 0 spiro atoms. The second-order valence-corrected chi connectivity index (χ2v) is 13.6. The van der Waals surface area contributed by atoms with Gasteiger partial charge in [-0.15, -0.1) is 11.6 Å². The van der Waals surface area contributed by atoms with Crippen LogP contribution < -0.4 is 0 Å². The Balaban J connectivity index is 0.000000230. The van der Waals surface area contributed by atoms with Gasteiger partial charge in [0.1, 0.15) is 0 Å². The predicted molar refractivity (Wildman–Crippen MR) is 190 cm³/mol. The Morgan fingerprint density at radius 3 is 1.82 bits per heavy atom. The van der Waals surface area contributed by atoms with Gasteiger partial charge in [-0.3, -0.25) is 12.2 Å². The molecule has 0 amide bonds. The van der Waals surface area contributed by atoms with Crippen molar-refractivity contribution in [2.75, 3.05) is 0 Å². The van der Waals surface area contributed by atoms with E-state index >= 15 is 0 Å². The van der Waals surface area contributed by atoms with E-state index in [-0.39, 0.29) is 18.3 Å². The third kappa shape index (κ3) is 7.26. The van der Waals surface area contributed by atoms with Crippen LogP contribution in [0.1, 0.15) is 103 Å². The summed E-state index contributed by atoms with van der Waals surface area (Å²) in [6.45, 7) is 22.5. The first-order chi connectivity index (χ1) is 20.3. The van der Waals surface area contributed by atoms with Crippen molar-refractivity contribution in [2.45, 2.75) is 86.5 Å². The standard InChI is InChI=1S/C25H25.C10H15.C6H5.CH3.CH2.Zr/c1-14-12-24(3,4)22-8-16-7-17-9-23-19(15(2)13-25(23,5)6)11-21(17)20(16)10-18(14)22;1-7(2)10-6-8(3)5-9(10)4;1-2-4-6-5-3-1;;;/h8-12H,7H2,1-6H3;6-8H,1-4H3;1-5H;1H3;1H2;/q4*-1;;. The zero-order chi connectivity index (χ0) is 31.7. The fourth-order valence-corrected chi connectivity index (χ4v) is 7.10. The first kappa shape index (κ1) is 35.8. The van der Waals surface area contributed by atoms with Crippen molar-refractivity contribution < 1.29 is 24.2 Å². The fraction of sp³-hybridized carbons (Fsp3) is 0.349. The summed E-state index contributed by atoms with van der Waals surface area (Å²) >= 11 is 1.30. The fourth-order valence-electron chi connectivity index (χ4n) is 7.10. The van der Waals surface area contributed by atoms with Crippen LogP contribution in [0.15, 0.2) is 77.9 Å². The average molecular weight is 658 g/mol. The molecule has 0 N–H and O–H groups in total. The zero-order valence-electron chi connectivity index (χ0n) is 28.9. The Morgan fingerprint density at radius 1 is 0.795 bits per heavy atom. The van der Waals surface area contributed by atoms with Crippen molar-refractivity contribution in [1.82, 2.24) is 0 Å². The van der Waals surface area contributed by atoms with Crippen molar-refractivity contribution in [3.05, 3.63) is 137 Å². The Bertz CT molecular complexity index is 1510. The smallest absolute Gasteiger partial charge is 0.171 e. The van der Waals surface area contributed by atoms with E-state index in [0.717, 1.165) is 6.42 Å². The SMILES string of the molecule is CC1=[C-]C(C)(C)c2cc3c(cc21)-c1cc2c(cc1C3)C(C)(C)C=C2C.CC1=[C-]C(C)C=C1C(C)C.[CH2]=[Zr].[CH3-].[c-]1ccccc1. The normalized spacial score (nSPS) is 18.5. The Kier molecular flexibility index (Phi) is 11.6. The molecule has 4 aliphatic rings. The Morgan fingerprint density at radius 2 is 1.36 bits per heavy atom. The summed E-state index contributed by atoms with van der Waals surface area (Å²) in [4.78, 5) is 0. The maximum Gasteiger partial charge on any atom is -0.171 e. The van der Waals surface area contributed by atoms with Crippen molar-refractivity contribution in [2.24, 2.45) is 11.8 Å². The molecule has 4 aliphatic carbocycles. The van der Waals surface area contributed by atoms with Crippen LogP contribution in [0.4, 0.5) is 0 Å². The van der Waals surface area contributed by atoms with E-state index in [2.05, 4.69) is 128 Å². The Hall–Kier alpha value is -2.63. The maximum atomic E-state index is 3.65. The van der Waals surface area contributed by atoms with Crippen LogP contribution in [0.3, 0.4) is 0 Å². The summed E-state index contributed by atoms with van der Waals surface area (Å²) in [6, 6.07) is 22.3. The molecule has 0 aromatic heterocycles. The minimum absolute atomic E-state index is 0. The molecule has 0 aliphatic heterocycles. The molecule has 1 atom stereocenters. The van der Waals surface area contributed by atoms with Gasteiger partial charge in [-0.05, 0) is 58.4 Å². The molecular weight excluding hydrogens is 608 g/mol. The number of allylic oxidation sites excluding steroid dienone is 8. The summed E-state index contributed by atoms with van der Waals surface area (Å²) in [5.41, 5.74) is 17.4. The number of benzene rings is 3. The monoisotopic (exact) mass is 656 g/mol. The molecule has 0 heterocycles. The van der Waals surface area contributed by atoms with Crippen molar-refractivity contribution in [3.8, 4) is 11.1 Å². The van der Waals surface area contributed by atoms with Gasteiger partial charge in [0.05, 0.1) is 0 Å². The molecule has 3 aromatic carbocycles. The number of hydrogen-bond acceptors (Lipinski definition) is 0. The summed E-state index contributed by atoms with van der Waals surface area (Å²) in [5, 5.41) is 0. The largest absolute Gasteiger partial charge is 0.358 e. The third-order valence-electron chi connectivity index (χ3n) is 8.97. The number of hydrogen-bond donors (Lipinski definition) is 0. The van der Waals surface area contributed by atoms with E-state index in [1.54, 1.807) is 0 Å². The summed E-state index contributed by atoms with van der Waals surface area (Å²) in [6.07, 6.45) is 12.8. The zero-order valence-corrected chi connectivity index (χ0v) is 31.4. The van der Waals surface area contributed by atoms with E-state index in [1.807, 2.05) is 30.3 Å². The minimum atomic E-state index is 0. The summed E-state index contributed by atoms with van der Waals surface area (Å²) in [7, 11) is 0. The molecule has 3 aromatic rings. The van der Waals surface area contributed by atoms with Gasteiger partial charge in [0.25, 0.3) is 0 Å². The molecule has 0 saturated heterocycles. The van der Waals surface area contributed by atoms with Crippen molar-refractivity contribution in [1.29, 1.82) is 0 Å². The van der Waals surface area contributed by atoms with Crippen molar-refractivity contribution >= 4 is 15.4 Å². The van der Waals surface area contributed by atoms with Crippen molar-refractivity contribution in [3.63, 3.8) is 0 Å². The second-order valence-electron chi connectivity index (χ2n) is 13.6. The van der Waals surface area contributed by atoms with E-state index in [4.69, 9.17) is 0 Å². The molecule has 230 valence electrons. The molecule has 0 saturated carbocycles. The molecule has 1 unspecified atom stereocenters. The predicted octanol–water partition coefficient (Wildman–Crippen LogP) is 11.3. The van der Waals surface area contributed by atoms with Gasteiger partial charge in [0.15, 0.2) is 0 Å². The van der Waals surface area contributed by atoms with Gasteiger partial charge in [-0.25, -0.2) is 11.1 Å². The van der Waals surface area contributed by atoms with Gasteiger partial charge in [0.2, 0.25) is 0 Å². The maximum absolute atomic E-state index is 3.65. The molecular formula is C43H50Zr-4. The van der Waals surface area contributed by atoms with Crippen LogP contribution in [0.5, 0.6) is 0 Å². The van der Waals surface area contributed by atoms with E-state index in [9.17, 15) is 0 Å². The van der Waals surface area contributed by atoms with Gasteiger partial charge < -0.3 is 7.43 Å². The molecule has 0 nitrogen and oxygen atoms in total. The van der Waals surface area contributed by atoms with Gasteiger partial charge in [0, 0.05) is 5.41 Å². The molecule has 1 heteroatoms. The summed E-state index contributed by atoms with van der Waals surface area (Å²) in [5.74, 6) is 1.20. The second kappa shape index (κ2) is 14.2. The summed E-state index contributed by atoms with van der Waals surface area (Å²) < 4.78 is 3.34. The van der Waals surface area contributed by atoms with Crippen LogP contribution in [0.25, 0.3) is 22.3 Å². The van der Waals surface area contributed by atoms with Crippen LogP contribution in [-0.4, -0.2) is 4.21 Å². The minimum Gasteiger partial charge on any atom is -0.358 e.